The van der Waals surface area contributed by atoms with Crippen LogP contribution in [-0.2, 0) is 14.3 Å². The lowest BCUT2D eigenvalue weighted by Crippen LogP contribution is -2.19. The molecule has 0 aromatic heterocycles. The Bertz CT molecular complexity index is 299. The predicted octanol–water partition coefficient (Wildman–Crippen LogP) is 4.29. The molecule has 0 saturated heterocycles. The second-order valence-electron chi connectivity index (χ2n) is 6.00. The van der Waals surface area contributed by atoms with Crippen LogP contribution in [0.25, 0.3) is 0 Å². The van der Waals surface area contributed by atoms with E-state index < -0.39 is 0 Å². The molecule has 0 aliphatic heterocycles. The van der Waals surface area contributed by atoms with Crippen molar-refractivity contribution in [3.05, 3.63) is 0 Å². The number of hydrogen-bond donors (Lipinski definition) is 0. The Morgan fingerprint density at radius 3 is 2.60 bits per heavy atom. The van der Waals surface area contributed by atoms with Gasteiger partial charge >= 0.3 is 5.97 Å². The van der Waals surface area contributed by atoms with E-state index in [4.69, 9.17) is 4.74 Å². The van der Waals surface area contributed by atoms with E-state index in [9.17, 15) is 9.59 Å². The molecule has 3 heteroatoms. The summed E-state index contributed by atoms with van der Waals surface area (Å²) in [4.78, 5) is 23.6. The molecule has 0 bridgehead atoms. The lowest BCUT2D eigenvalue weighted by atomic mass is 9.88. The molecule has 0 aromatic carbocycles. The third-order valence-corrected chi connectivity index (χ3v) is 4.26. The van der Waals surface area contributed by atoms with E-state index in [1.165, 1.54) is 25.7 Å². The first-order valence-electron chi connectivity index (χ1n) is 8.37. The van der Waals surface area contributed by atoms with Gasteiger partial charge in [0.1, 0.15) is 5.78 Å². The van der Waals surface area contributed by atoms with Gasteiger partial charge in [0, 0.05) is 18.8 Å². The largest absolute Gasteiger partial charge is 0.466 e. The van der Waals surface area contributed by atoms with Crippen molar-refractivity contribution in [2.24, 2.45) is 11.8 Å². The Labute approximate surface area is 123 Å². The van der Waals surface area contributed by atoms with Gasteiger partial charge in [-0.1, -0.05) is 46.0 Å². The number of Topliss-reactive ketones (excluding diaryl/α,β-unsaturated/α-hetero) is 1. The molecule has 1 aliphatic rings. The maximum atomic E-state index is 11.9. The fourth-order valence-corrected chi connectivity index (χ4v) is 3.07. The van der Waals surface area contributed by atoms with Gasteiger partial charge in [-0.25, -0.2) is 0 Å². The second kappa shape index (κ2) is 9.95. The molecule has 0 amide bonds. The van der Waals surface area contributed by atoms with E-state index in [1.54, 1.807) is 0 Å². The van der Waals surface area contributed by atoms with E-state index in [0.29, 0.717) is 25.2 Å². The molecule has 116 valence electrons. The van der Waals surface area contributed by atoms with Crippen molar-refractivity contribution in [3.8, 4) is 0 Å². The minimum atomic E-state index is -0.123. The molecule has 20 heavy (non-hydrogen) atoms. The van der Waals surface area contributed by atoms with Crippen LogP contribution in [0.2, 0.25) is 0 Å². The molecular formula is C17H30O3. The van der Waals surface area contributed by atoms with Crippen molar-refractivity contribution in [1.82, 2.24) is 0 Å². The van der Waals surface area contributed by atoms with Crippen molar-refractivity contribution in [1.29, 1.82) is 0 Å². The summed E-state index contributed by atoms with van der Waals surface area (Å²) in [5.41, 5.74) is 0. The highest BCUT2D eigenvalue weighted by molar-refractivity contribution is 5.84. The van der Waals surface area contributed by atoms with Gasteiger partial charge in [0.25, 0.3) is 0 Å². The van der Waals surface area contributed by atoms with Crippen LogP contribution in [0.1, 0.15) is 78.1 Å². The Balaban J connectivity index is 2.30. The summed E-state index contributed by atoms with van der Waals surface area (Å²) in [5.74, 6) is 0.597. The van der Waals surface area contributed by atoms with E-state index in [2.05, 4.69) is 6.92 Å². The van der Waals surface area contributed by atoms with Crippen LogP contribution in [0.3, 0.4) is 0 Å². The quantitative estimate of drug-likeness (QED) is 0.443. The Morgan fingerprint density at radius 2 is 1.90 bits per heavy atom. The molecule has 1 aliphatic carbocycles. The first kappa shape index (κ1) is 17.2. The highest BCUT2D eigenvalue weighted by Crippen LogP contribution is 2.35. The maximum absolute atomic E-state index is 11.9. The minimum Gasteiger partial charge on any atom is -0.466 e. The van der Waals surface area contributed by atoms with Crippen LogP contribution in [0.5, 0.6) is 0 Å². The summed E-state index contributed by atoms with van der Waals surface area (Å²) < 4.78 is 5.14. The fourth-order valence-electron chi connectivity index (χ4n) is 3.07. The van der Waals surface area contributed by atoms with Gasteiger partial charge in [0.2, 0.25) is 0 Å². The lowest BCUT2D eigenvalue weighted by molar-refractivity contribution is -0.145. The summed E-state index contributed by atoms with van der Waals surface area (Å²) in [6.07, 6.45) is 9.92. The molecule has 2 atom stereocenters. The number of hydrogen-bond acceptors (Lipinski definition) is 3. The lowest BCUT2D eigenvalue weighted by Gasteiger charge is -2.17. The van der Waals surface area contributed by atoms with E-state index in [0.717, 1.165) is 25.7 Å². The van der Waals surface area contributed by atoms with E-state index >= 15 is 0 Å². The molecule has 3 nitrogen and oxygen atoms in total. The molecule has 1 fully saturated rings. The number of carbonyl (C=O) groups excluding carboxylic acids is 2. The second-order valence-corrected chi connectivity index (χ2v) is 6.00. The van der Waals surface area contributed by atoms with Gasteiger partial charge in [-0.3, -0.25) is 9.59 Å². The van der Waals surface area contributed by atoms with Gasteiger partial charge in [-0.05, 0) is 25.2 Å². The van der Waals surface area contributed by atoms with Crippen LogP contribution in [0.4, 0.5) is 0 Å². The van der Waals surface area contributed by atoms with Crippen molar-refractivity contribution < 1.29 is 14.3 Å². The molecule has 0 N–H and O–H groups in total. The zero-order valence-corrected chi connectivity index (χ0v) is 13.2. The average molecular weight is 282 g/mol. The third kappa shape index (κ3) is 6.06. The average Bonchev–Trinajstić information content (AvgIpc) is 2.77. The SMILES string of the molecule is CCCCCCCC1C(=O)CCC1CC(=O)OCCC. The molecule has 1 rings (SSSR count). The maximum Gasteiger partial charge on any atom is 0.306 e. The Hall–Kier alpha value is -0.860. The molecule has 0 aromatic rings. The smallest absolute Gasteiger partial charge is 0.306 e. The summed E-state index contributed by atoms with van der Waals surface area (Å²) in [6, 6.07) is 0. The first-order chi connectivity index (χ1) is 9.69. The molecule has 0 radical (unpaired) electrons. The van der Waals surface area contributed by atoms with Crippen LogP contribution in [-0.4, -0.2) is 18.4 Å². The molecule has 0 spiro atoms. The number of carbonyl (C=O) groups is 2. The third-order valence-electron chi connectivity index (χ3n) is 4.26. The minimum absolute atomic E-state index is 0.116. The molecular weight excluding hydrogens is 252 g/mol. The van der Waals surface area contributed by atoms with Crippen LogP contribution in [0.15, 0.2) is 0 Å². The van der Waals surface area contributed by atoms with Gasteiger partial charge in [-0.15, -0.1) is 0 Å². The highest BCUT2D eigenvalue weighted by Gasteiger charge is 2.35. The van der Waals surface area contributed by atoms with Crippen LogP contribution in [0, 0.1) is 11.8 Å². The zero-order valence-electron chi connectivity index (χ0n) is 13.2. The number of unbranched alkanes of at least 4 members (excludes halogenated alkanes) is 4. The zero-order chi connectivity index (χ0) is 14.8. The summed E-state index contributed by atoms with van der Waals surface area (Å²) in [5, 5.41) is 0. The summed E-state index contributed by atoms with van der Waals surface area (Å²) >= 11 is 0. The monoisotopic (exact) mass is 282 g/mol. The summed E-state index contributed by atoms with van der Waals surface area (Å²) in [6.45, 7) is 4.70. The highest BCUT2D eigenvalue weighted by atomic mass is 16.5. The first-order valence-corrected chi connectivity index (χ1v) is 8.37. The van der Waals surface area contributed by atoms with Crippen LogP contribution >= 0.6 is 0 Å². The normalized spacial score (nSPS) is 22.2. The Morgan fingerprint density at radius 1 is 1.15 bits per heavy atom. The molecule has 2 unspecified atom stereocenters. The van der Waals surface area contributed by atoms with E-state index in [-0.39, 0.29) is 17.8 Å². The number of esters is 1. The summed E-state index contributed by atoms with van der Waals surface area (Å²) in [7, 11) is 0. The van der Waals surface area contributed by atoms with Gasteiger partial charge in [0.05, 0.1) is 6.61 Å². The number of ether oxygens (including phenoxy) is 1. The van der Waals surface area contributed by atoms with Gasteiger partial charge in [0.15, 0.2) is 0 Å². The number of ketones is 1. The predicted molar refractivity (Wildman–Crippen MR) is 80.5 cm³/mol. The van der Waals surface area contributed by atoms with Crippen molar-refractivity contribution in [3.63, 3.8) is 0 Å². The fraction of sp³-hybridized carbons (Fsp3) is 0.882. The molecule has 0 heterocycles. The number of rotatable bonds is 10. The van der Waals surface area contributed by atoms with E-state index in [1.807, 2.05) is 6.92 Å². The van der Waals surface area contributed by atoms with Crippen molar-refractivity contribution in [2.75, 3.05) is 6.61 Å². The van der Waals surface area contributed by atoms with Crippen molar-refractivity contribution in [2.45, 2.75) is 78.1 Å². The van der Waals surface area contributed by atoms with Gasteiger partial charge in [-0.2, -0.15) is 0 Å². The van der Waals surface area contributed by atoms with Gasteiger partial charge < -0.3 is 4.74 Å². The molecule has 1 saturated carbocycles. The van der Waals surface area contributed by atoms with Crippen LogP contribution < -0.4 is 0 Å². The van der Waals surface area contributed by atoms with Crippen molar-refractivity contribution >= 4 is 11.8 Å². The Kier molecular flexibility index (Phi) is 8.56. The standard InChI is InChI=1S/C17H30O3/c1-3-5-6-7-8-9-15-14(10-11-16(15)18)13-17(19)20-12-4-2/h14-15H,3-13H2,1-2H3. The topological polar surface area (TPSA) is 43.4 Å².